The smallest absolute Gasteiger partial charge is 0.0406 e. The van der Waals surface area contributed by atoms with Gasteiger partial charge in [-0.25, -0.2) is 0 Å². The SMILES string of the molecule is Clc1ccc(C(=CCC=C(c2ccc(Cl)cc2)c2ccc(Cl)cc2)c2ccc(Cl)cc2)cc1. The van der Waals surface area contributed by atoms with Crippen LogP contribution in [0.25, 0.3) is 11.1 Å². The molecule has 0 bridgehead atoms. The lowest BCUT2D eigenvalue weighted by Gasteiger charge is -2.11. The van der Waals surface area contributed by atoms with E-state index in [-0.39, 0.29) is 0 Å². The van der Waals surface area contributed by atoms with Crippen LogP contribution in [0.4, 0.5) is 0 Å². The third kappa shape index (κ3) is 6.31. The van der Waals surface area contributed by atoms with E-state index in [1.165, 1.54) is 0 Å². The van der Waals surface area contributed by atoms with Gasteiger partial charge in [0, 0.05) is 20.1 Å². The van der Waals surface area contributed by atoms with Gasteiger partial charge in [0.05, 0.1) is 0 Å². The van der Waals surface area contributed by atoms with Crippen molar-refractivity contribution in [3.63, 3.8) is 0 Å². The van der Waals surface area contributed by atoms with Gasteiger partial charge in [-0.2, -0.15) is 0 Å². The molecule has 33 heavy (non-hydrogen) atoms. The molecule has 0 spiro atoms. The summed E-state index contributed by atoms with van der Waals surface area (Å²) in [5, 5.41) is 2.84. The molecule has 0 saturated carbocycles. The molecule has 0 saturated heterocycles. The number of allylic oxidation sites excluding steroid dienone is 2. The fourth-order valence-electron chi connectivity index (χ4n) is 3.62. The topological polar surface area (TPSA) is 0 Å². The Morgan fingerprint density at radius 3 is 0.818 bits per heavy atom. The molecule has 0 amide bonds. The third-order valence-electron chi connectivity index (χ3n) is 5.26. The van der Waals surface area contributed by atoms with Gasteiger partial charge in [-0.15, -0.1) is 0 Å². The molecule has 4 heteroatoms. The van der Waals surface area contributed by atoms with Crippen LogP contribution in [0.15, 0.2) is 109 Å². The maximum absolute atomic E-state index is 6.12. The zero-order chi connectivity index (χ0) is 23.2. The largest absolute Gasteiger partial charge is 0.0843 e. The number of hydrogen-bond acceptors (Lipinski definition) is 0. The van der Waals surface area contributed by atoms with E-state index in [1.807, 2.05) is 97.1 Å². The van der Waals surface area contributed by atoms with Crippen molar-refractivity contribution in [2.24, 2.45) is 0 Å². The summed E-state index contributed by atoms with van der Waals surface area (Å²) in [7, 11) is 0. The highest BCUT2D eigenvalue weighted by molar-refractivity contribution is 6.31. The molecule has 0 N–H and O–H groups in total. The molecule has 4 aromatic rings. The fraction of sp³-hybridized carbons (Fsp3) is 0.0345. The minimum atomic E-state index is 0.710. The average molecular weight is 510 g/mol. The second-order valence-corrected chi connectivity index (χ2v) is 9.24. The summed E-state index contributed by atoms with van der Waals surface area (Å²) in [6.45, 7) is 0. The van der Waals surface area contributed by atoms with Crippen LogP contribution in [0.2, 0.25) is 20.1 Å². The standard InChI is InChI=1S/C29H20Cl4/c30-24-12-4-20(5-13-24)28(21-6-14-25(31)15-7-21)2-1-3-29(22-8-16-26(32)17-9-22)23-10-18-27(33)19-11-23/h2-19H,1H2. The van der Waals surface area contributed by atoms with E-state index in [1.54, 1.807) is 0 Å². The van der Waals surface area contributed by atoms with Crippen molar-refractivity contribution in [3.8, 4) is 0 Å². The Morgan fingerprint density at radius 1 is 0.394 bits per heavy atom. The van der Waals surface area contributed by atoms with Crippen molar-refractivity contribution in [1.29, 1.82) is 0 Å². The first-order chi connectivity index (χ1) is 16.0. The van der Waals surface area contributed by atoms with Crippen LogP contribution >= 0.6 is 46.4 Å². The zero-order valence-corrected chi connectivity index (χ0v) is 20.6. The van der Waals surface area contributed by atoms with E-state index in [9.17, 15) is 0 Å². The van der Waals surface area contributed by atoms with Crippen LogP contribution in [0, 0.1) is 0 Å². The Bertz CT molecular complexity index is 1070. The first kappa shape index (κ1) is 23.7. The lowest BCUT2D eigenvalue weighted by molar-refractivity contribution is 1.37. The second-order valence-electron chi connectivity index (χ2n) is 7.50. The average Bonchev–Trinajstić information content (AvgIpc) is 2.82. The number of benzene rings is 4. The van der Waals surface area contributed by atoms with E-state index in [2.05, 4.69) is 12.2 Å². The molecule has 0 nitrogen and oxygen atoms in total. The van der Waals surface area contributed by atoms with Gasteiger partial charge in [-0.1, -0.05) is 107 Å². The molecular weight excluding hydrogens is 490 g/mol. The summed E-state index contributed by atoms with van der Waals surface area (Å²) in [6.07, 6.45) is 5.16. The molecule has 4 rings (SSSR count). The van der Waals surface area contributed by atoms with Crippen molar-refractivity contribution < 1.29 is 0 Å². The highest BCUT2D eigenvalue weighted by atomic mass is 35.5. The van der Waals surface area contributed by atoms with Gasteiger partial charge in [-0.05, 0) is 88.4 Å². The lowest BCUT2D eigenvalue weighted by Crippen LogP contribution is -1.90. The van der Waals surface area contributed by atoms with Gasteiger partial charge < -0.3 is 0 Å². The fourth-order valence-corrected chi connectivity index (χ4v) is 4.12. The number of rotatable bonds is 6. The van der Waals surface area contributed by atoms with Crippen LogP contribution in [0.5, 0.6) is 0 Å². The van der Waals surface area contributed by atoms with Crippen LogP contribution in [-0.2, 0) is 0 Å². The quantitative estimate of drug-likeness (QED) is 0.242. The van der Waals surface area contributed by atoms with E-state index in [0.29, 0.717) is 20.1 Å². The van der Waals surface area contributed by atoms with E-state index >= 15 is 0 Å². The van der Waals surface area contributed by atoms with Crippen molar-refractivity contribution in [3.05, 3.63) is 152 Å². The Kier molecular flexibility index (Phi) is 7.96. The molecule has 0 fully saturated rings. The second kappa shape index (κ2) is 11.1. The Morgan fingerprint density at radius 2 is 0.606 bits per heavy atom. The summed E-state index contributed by atoms with van der Waals surface area (Å²) in [4.78, 5) is 0. The minimum Gasteiger partial charge on any atom is -0.0843 e. The molecule has 0 aliphatic heterocycles. The maximum atomic E-state index is 6.12. The summed E-state index contributed by atoms with van der Waals surface area (Å²) in [5.41, 5.74) is 6.60. The van der Waals surface area contributed by atoms with E-state index in [4.69, 9.17) is 46.4 Å². The molecule has 0 aromatic heterocycles. The van der Waals surface area contributed by atoms with Gasteiger partial charge in [0.25, 0.3) is 0 Å². The van der Waals surface area contributed by atoms with Crippen LogP contribution < -0.4 is 0 Å². The molecule has 4 aromatic carbocycles. The summed E-state index contributed by atoms with van der Waals surface area (Å²) < 4.78 is 0. The summed E-state index contributed by atoms with van der Waals surface area (Å²) in [6, 6.07) is 31.5. The molecule has 0 radical (unpaired) electrons. The van der Waals surface area contributed by atoms with Gasteiger partial charge in [0.15, 0.2) is 0 Å². The summed E-state index contributed by atoms with van der Waals surface area (Å²) in [5.74, 6) is 0. The number of hydrogen-bond donors (Lipinski definition) is 0. The Balaban J connectivity index is 1.74. The molecule has 0 aliphatic rings. The van der Waals surface area contributed by atoms with Crippen LogP contribution in [0.1, 0.15) is 28.7 Å². The minimum absolute atomic E-state index is 0.710. The van der Waals surface area contributed by atoms with Gasteiger partial charge in [0.2, 0.25) is 0 Å². The summed E-state index contributed by atoms with van der Waals surface area (Å²) >= 11 is 24.5. The van der Waals surface area contributed by atoms with Crippen molar-refractivity contribution in [2.45, 2.75) is 6.42 Å². The predicted octanol–water partition coefficient (Wildman–Crippen LogP) is 10.3. The van der Waals surface area contributed by atoms with Crippen molar-refractivity contribution in [2.75, 3.05) is 0 Å². The maximum Gasteiger partial charge on any atom is 0.0406 e. The number of halogens is 4. The zero-order valence-electron chi connectivity index (χ0n) is 17.6. The first-order valence-corrected chi connectivity index (χ1v) is 11.9. The van der Waals surface area contributed by atoms with Gasteiger partial charge in [0.1, 0.15) is 0 Å². The lowest BCUT2D eigenvalue weighted by atomic mass is 9.94. The molecule has 0 atom stereocenters. The first-order valence-electron chi connectivity index (χ1n) is 10.4. The normalized spacial score (nSPS) is 10.5. The predicted molar refractivity (Wildman–Crippen MR) is 145 cm³/mol. The molecule has 0 heterocycles. The molecule has 0 unspecified atom stereocenters. The monoisotopic (exact) mass is 508 g/mol. The highest BCUT2D eigenvalue weighted by Crippen LogP contribution is 2.29. The van der Waals surface area contributed by atoms with Gasteiger partial charge in [-0.3, -0.25) is 0 Å². The molecule has 164 valence electrons. The molecule has 0 aliphatic carbocycles. The van der Waals surface area contributed by atoms with Crippen LogP contribution in [0.3, 0.4) is 0 Å². The van der Waals surface area contributed by atoms with Crippen molar-refractivity contribution >= 4 is 57.5 Å². The van der Waals surface area contributed by atoms with Crippen LogP contribution in [-0.4, -0.2) is 0 Å². The third-order valence-corrected chi connectivity index (χ3v) is 6.27. The van der Waals surface area contributed by atoms with E-state index < -0.39 is 0 Å². The van der Waals surface area contributed by atoms with Crippen molar-refractivity contribution in [1.82, 2.24) is 0 Å². The van der Waals surface area contributed by atoms with E-state index in [0.717, 1.165) is 39.8 Å². The molecular formula is C29H20Cl4. The Labute approximate surface area is 214 Å². The van der Waals surface area contributed by atoms with Gasteiger partial charge >= 0.3 is 0 Å². The highest BCUT2D eigenvalue weighted by Gasteiger charge is 2.08. The Hall–Kier alpha value is -2.48.